The highest BCUT2D eigenvalue weighted by atomic mass is 35.5. The molecule has 3 rings (SSSR count). The third-order valence-electron chi connectivity index (χ3n) is 4.54. The molecule has 0 radical (unpaired) electrons. The summed E-state index contributed by atoms with van der Waals surface area (Å²) in [6, 6.07) is 19.4. The minimum atomic E-state index is -0.524. The number of halogens is 2. The first-order valence-electron chi connectivity index (χ1n) is 9.53. The van der Waals surface area contributed by atoms with Crippen LogP contribution in [0.15, 0.2) is 60.7 Å². The second-order valence-electron chi connectivity index (χ2n) is 6.54. The molecule has 1 unspecified atom stereocenters. The van der Waals surface area contributed by atoms with Gasteiger partial charge in [-0.2, -0.15) is 11.8 Å². The predicted octanol–water partition coefficient (Wildman–Crippen LogP) is 6.35. The Hall–Kier alpha value is -1.88. The fourth-order valence-electron chi connectivity index (χ4n) is 2.98. The van der Waals surface area contributed by atoms with Crippen LogP contribution in [0.1, 0.15) is 18.9 Å². The van der Waals surface area contributed by atoms with Gasteiger partial charge in [-0.05, 0) is 35.6 Å². The zero-order valence-electron chi connectivity index (χ0n) is 16.2. The molecule has 1 amide bonds. The lowest BCUT2D eigenvalue weighted by molar-refractivity contribution is -0.127. The van der Waals surface area contributed by atoms with Crippen LogP contribution in [0.25, 0.3) is 10.8 Å². The van der Waals surface area contributed by atoms with Crippen LogP contribution in [-0.4, -0.2) is 24.3 Å². The van der Waals surface area contributed by atoms with Gasteiger partial charge in [0.2, 0.25) is 0 Å². The molecular weight excluding hydrogens is 425 g/mol. The van der Waals surface area contributed by atoms with E-state index in [9.17, 15) is 4.79 Å². The van der Waals surface area contributed by atoms with E-state index in [1.165, 1.54) is 0 Å². The second-order valence-corrected chi connectivity index (χ2v) is 8.46. The molecule has 3 aromatic carbocycles. The van der Waals surface area contributed by atoms with Gasteiger partial charge in [-0.25, -0.2) is 0 Å². The number of hydrogen-bond acceptors (Lipinski definition) is 3. The molecule has 0 spiro atoms. The molecule has 0 aromatic heterocycles. The lowest BCUT2D eigenvalue weighted by Crippen LogP contribution is -2.39. The molecule has 152 valence electrons. The average Bonchev–Trinajstić information content (AvgIpc) is 2.73. The first-order chi connectivity index (χ1) is 14.1. The number of hydrogen-bond donors (Lipinski definition) is 1. The van der Waals surface area contributed by atoms with Gasteiger partial charge in [-0.1, -0.05) is 72.6 Å². The van der Waals surface area contributed by atoms with Crippen LogP contribution < -0.4 is 10.1 Å². The Morgan fingerprint density at radius 2 is 1.72 bits per heavy atom. The third kappa shape index (κ3) is 5.81. The summed E-state index contributed by atoms with van der Waals surface area (Å²) in [4.78, 5) is 12.6. The summed E-state index contributed by atoms with van der Waals surface area (Å²) in [5.74, 6) is 2.10. The molecule has 1 N–H and O–H groups in total. The van der Waals surface area contributed by atoms with Crippen molar-refractivity contribution in [3.05, 3.63) is 76.3 Å². The minimum absolute atomic E-state index is 0.100. The molecule has 0 saturated carbocycles. The molecule has 3 nitrogen and oxygen atoms in total. The molecule has 0 fully saturated rings. The van der Waals surface area contributed by atoms with Gasteiger partial charge in [0.05, 0.1) is 0 Å². The SMILES string of the molecule is CCC(Oc1cccc2ccccc12)C(=O)NCCSCc1c(Cl)cccc1Cl. The molecule has 0 heterocycles. The normalized spacial score (nSPS) is 12.0. The Balaban J connectivity index is 1.50. The van der Waals surface area contributed by atoms with Crippen LogP contribution in [-0.2, 0) is 10.5 Å². The summed E-state index contributed by atoms with van der Waals surface area (Å²) < 4.78 is 6.04. The lowest BCUT2D eigenvalue weighted by atomic mass is 10.1. The van der Waals surface area contributed by atoms with E-state index in [0.29, 0.717) is 28.8 Å². The van der Waals surface area contributed by atoms with Crippen LogP contribution in [0, 0.1) is 0 Å². The Bertz CT molecular complexity index is 955. The maximum Gasteiger partial charge on any atom is 0.261 e. The summed E-state index contributed by atoms with van der Waals surface area (Å²) >= 11 is 14.1. The second kappa shape index (κ2) is 10.8. The lowest BCUT2D eigenvalue weighted by Gasteiger charge is -2.18. The van der Waals surface area contributed by atoms with Crippen LogP contribution in [0.5, 0.6) is 5.75 Å². The standard InChI is InChI=1S/C23H23Cl2NO2S/c1-2-21(28-22-12-5-8-16-7-3-4-9-17(16)22)23(27)26-13-14-29-15-18-19(24)10-6-11-20(18)25/h3-12,21H,2,13-15H2,1H3,(H,26,27). The van der Waals surface area contributed by atoms with Gasteiger partial charge < -0.3 is 10.1 Å². The maximum atomic E-state index is 12.6. The number of carbonyl (C=O) groups excluding carboxylic acids is 1. The van der Waals surface area contributed by atoms with Gasteiger partial charge in [-0.3, -0.25) is 4.79 Å². The van der Waals surface area contributed by atoms with Crippen molar-refractivity contribution in [2.24, 2.45) is 0 Å². The predicted molar refractivity (Wildman–Crippen MR) is 124 cm³/mol. The molecule has 29 heavy (non-hydrogen) atoms. The monoisotopic (exact) mass is 447 g/mol. The van der Waals surface area contributed by atoms with Gasteiger partial charge in [0.25, 0.3) is 5.91 Å². The molecule has 0 aliphatic rings. The number of thioether (sulfide) groups is 1. The van der Waals surface area contributed by atoms with Crippen molar-refractivity contribution in [3.63, 3.8) is 0 Å². The number of fused-ring (bicyclic) bond motifs is 1. The average molecular weight is 448 g/mol. The Morgan fingerprint density at radius 1 is 1.03 bits per heavy atom. The van der Waals surface area contributed by atoms with Crippen LogP contribution in [0.3, 0.4) is 0 Å². The Morgan fingerprint density at radius 3 is 2.48 bits per heavy atom. The minimum Gasteiger partial charge on any atom is -0.480 e. The number of ether oxygens (including phenoxy) is 1. The van der Waals surface area contributed by atoms with Crippen molar-refractivity contribution >= 4 is 51.6 Å². The fourth-order valence-corrected chi connectivity index (χ4v) is 4.57. The van der Waals surface area contributed by atoms with Crippen molar-refractivity contribution in [1.29, 1.82) is 0 Å². The maximum absolute atomic E-state index is 12.6. The molecule has 0 aliphatic heterocycles. The Labute approximate surface area is 185 Å². The van der Waals surface area contributed by atoms with E-state index in [4.69, 9.17) is 27.9 Å². The highest BCUT2D eigenvalue weighted by molar-refractivity contribution is 7.98. The van der Waals surface area contributed by atoms with Crippen LogP contribution >= 0.6 is 35.0 Å². The summed E-state index contributed by atoms with van der Waals surface area (Å²) in [6.45, 7) is 2.50. The van der Waals surface area contributed by atoms with Gasteiger partial charge in [0.1, 0.15) is 5.75 Å². The topological polar surface area (TPSA) is 38.3 Å². The summed E-state index contributed by atoms with van der Waals surface area (Å²) in [5, 5.41) is 6.41. The third-order valence-corrected chi connectivity index (χ3v) is 6.23. The van der Waals surface area contributed by atoms with E-state index in [-0.39, 0.29) is 5.91 Å². The molecule has 3 aromatic rings. The van der Waals surface area contributed by atoms with E-state index in [1.54, 1.807) is 11.8 Å². The van der Waals surface area contributed by atoms with Gasteiger partial charge in [0.15, 0.2) is 6.10 Å². The van der Waals surface area contributed by atoms with Crippen molar-refractivity contribution in [1.82, 2.24) is 5.32 Å². The molecular formula is C23H23Cl2NO2S. The summed E-state index contributed by atoms with van der Waals surface area (Å²) in [7, 11) is 0. The smallest absolute Gasteiger partial charge is 0.261 e. The van der Waals surface area contributed by atoms with Crippen molar-refractivity contribution in [3.8, 4) is 5.75 Å². The number of amides is 1. The number of rotatable bonds is 9. The fraction of sp³-hybridized carbons (Fsp3) is 0.261. The molecule has 0 aliphatic carbocycles. The quantitative estimate of drug-likeness (QED) is 0.388. The summed E-state index contributed by atoms with van der Waals surface area (Å²) in [6.07, 6.45) is 0.0704. The van der Waals surface area contributed by atoms with Crippen molar-refractivity contribution in [2.75, 3.05) is 12.3 Å². The zero-order valence-corrected chi connectivity index (χ0v) is 18.5. The van der Waals surface area contributed by atoms with Gasteiger partial charge in [-0.15, -0.1) is 0 Å². The zero-order chi connectivity index (χ0) is 20.6. The Kier molecular flexibility index (Phi) is 8.10. The van der Waals surface area contributed by atoms with Crippen molar-refractivity contribution in [2.45, 2.75) is 25.2 Å². The van der Waals surface area contributed by atoms with E-state index >= 15 is 0 Å². The first-order valence-corrected chi connectivity index (χ1v) is 11.4. The van der Waals surface area contributed by atoms with Gasteiger partial charge in [0, 0.05) is 33.5 Å². The molecule has 6 heteroatoms. The molecule has 1 atom stereocenters. The highest BCUT2D eigenvalue weighted by Gasteiger charge is 2.18. The first kappa shape index (κ1) is 21.8. The molecule has 0 saturated heterocycles. The van der Waals surface area contributed by atoms with E-state index in [1.807, 2.05) is 67.6 Å². The number of nitrogens with one attached hydrogen (secondary N) is 1. The van der Waals surface area contributed by atoms with Gasteiger partial charge >= 0.3 is 0 Å². The van der Waals surface area contributed by atoms with Crippen LogP contribution in [0.2, 0.25) is 10.0 Å². The number of carbonyl (C=O) groups is 1. The van der Waals surface area contributed by atoms with E-state index in [0.717, 1.165) is 27.8 Å². The van der Waals surface area contributed by atoms with E-state index in [2.05, 4.69) is 5.32 Å². The van der Waals surface area contributed by atoms with Crippen molar-refractivity contribution < 1.29 is 9.53 Å². The largest absolute Gasteiger partial charge is 0.480 e. The van der Waals surface area contributed by atoms with Crippen LogP contribution in [0.4, 0.5) is 0 Å². The summed E-state index contributed by atoms with van der Waals surface area (Å²) in [5.41, 5.74) is 0.929. The highest BCUT2D eigenvalue weighted by Crippen LogP contribution is 2.28. The number of benzene rings is 3. The molecule has 0 bridgehead atoms. The van der Waals surface area contributed by atoms with E-state index < -0.39 is 6.10 Å².